The number of benzene rings is 1. The summed E-state index contributed by atoms with van der Waals surface area (Å²) < 4.78 is 5.06. The zero-order chi connectivity index (χ0) is 10.3. The summed E-state index contributed by atoms with van der Waals surface area (Å²) in [6.45, 7) is 6.65. The molecule has 1 aromatic rings. The Kier molecular flexibility index (Phi) is 2.06. The highest BCUT2D eigenvalue weighted by atomic mass is 16.5. The number of ether oxygens (including phenoxy) is 1. The maximum absolute atomic E-state index is 11.5. The van der Waals surface area contributed by atoms with Crippen molar-refractivity contribution in [3.8, 4) is 0 Å². The molecule has 0 amide bonds. The smallest absolute Gasteiger partial charge is 0.339 e. The predicted octanol–water partition coefficient (Wildman–Crippen LogP) is 2.79. The van der Waals surface area contributed by atoms with Gasteiger partial charge < -0.3 is 4.74 Å². The van der Waals surface area contributed by atoms with E-state index in [0.717, 1.165) is 22.3 Å². The lowest BCUT2D eigenvalue weighted by molar-refractivity contribution is 0.0534. The number of carbonyl (C=O) groups is 1. The first-order valence-corrected chi connectivity index (χ1v) is 4.90. The van der Waals surface area contributed by atoms with E-state index in [1.807, 2.05) is 13.0 Å². The van der Waals surface area contributed by atoms with E-state index in [2.05, 4.69) is 19.9 Å². The van der Waals surface area contributed by atoms with Crippen molar-refractivity contribution < 1.29 is 9.53 Å². The van der Waals surface area contributed by atoms with Crippen molar-refractivity contribution in [2.45, 2.75) is 33.3 Å². The molecule has 2 heteroatoms. The van der Waals surface area contributed by atoms with Gasteiger partial charge in [0.15, 0.2) is 0 Å². The van der Waals surface area contributed by atoms with Gasteiger partial charge in [0.05, 0.1) is 5.56 Å². The molecule has 0 bridgehead atoms. The Balaban J connectivity index is 2.66. The first kappa shape index (κ1) is 9.25. The van der Waals surface area contributed by atoms with Gasteiger partial charge in [-0.25, -0.2) is 4.79 Å². The number of hydrogen-bond acceptors (Lipinski definition) is 2. The number of esters is 1. The van der Waals surface area contributed by atoms with Crippen molar-refractivity contribution >= 4 is 5.97 Å². The summed E-state index contributed by atoms with van der Waals surface area (Å²) in [5, 5.41) is 0. The van der Waals surface area contributed by atoms with Gasteiger partial charge in [0.2, 0.25) is 0 Å². The van der Waals surface area contributed by atoms with Crippen molar-refractivity contribution in [3.05, 3.63) is 34.4 Å². The predicted molar refractivity (Wildman–Crippen MR) is 54.4 cm³/mol. The minimum absolute atomic E-state index is 0.160. The average molecular weight is 190 g/mol. The van der Waals surface area contributed by atoms with Crippen LogP contribution in [0.3, 0.4) is 0 Å². The van der Waals surface area contributed by atoms with Gasteiger partial charge in [-0.1, -0.05) is 26.0 Å². The van der Waals surface area contributed by atoms with E-state index in [9.17, 15) is 4.79 Å². The van der Waals surface area contributed by atoms with Gasteiger partial charge in [-0.15, -0.1) is 0 Å². The first-order chi connectivity index (χ1) is 6.61. The fraction of sp³-hybridized carbons (Fsp3) is 0.417. The number of hydrogen-bond donors (Lipinski definition) is 0. The molecule has 0 spiro atoms. The highest BCUT2D eigenvalue weighted by Gasteiger charge is 2.26. The molecule has 1 aliphatic rings. The van der Waals surface area contributed by atoms with Crippen LogP contribution in [0.5, 0.6) is 0 Å². The summed E-state index contributed by atoms with van der Waals surface area (Å²) in [5.41, 5.74) is 4.13. The lowest BCUT2D eigenvalue weighted by Gasteiger charge is -2.10. The summed E-state index contributed by atoms with van der Waals surface area (Å²) in [5.74, 6) is 0.211. The molecule has 1 aromatic carbocycles. The second-order valence-corrected chi connectivity index (χ2v) is 4.06. The van der Waals surface area contributed by atoms with Crippen LogP contribution in [-0.4, -0.2) is 5.97 Å². The first-order valence-electron chi connectivity index (χ1n) is 4.90. The molecular formula is C12H14O2. The number of carbonyl (C=O) groups excluding carboxylic acids is 1. The molecule has 0 aromatic heterocycles. The second-order valence-electron chi connectivity index (χ2n) is 4.06. The van der Waals surface area contributed by atoms with Gasteiger partial charge in [-0.3, -0.25) is 0 Å². The van der Waals surface area contributed by atoms with Crippen molar-refractivity contribution in [1.29, 1.82) is 0 Å². The minimum atomic E-state index is -0.160. The molecule has 2 rings (SSSR count). The van der Waals surface area contributed by atoms with Crippen LogP contribution in [0.1, 0.15) is 46.8 Å². The molecule has 74 valence electrons. The molecule has 0 saturated carbocycles. The number of fused-ring (bicyclic) bond motifs is 1. The van der Waals surface area contributed by atoms with E-state index >= 15 is 0 Å². The molecule has 0 aliphatic carbocycles. The molecule has 0 saturated heterocycles. The molecule has 2 nitrogen and oxygen atoms in total. The molecule has 0 unspecified atom stereocenters. The van der Waals surface area contributed by atoms with E-state index in [-0.39, 0.29) is 5.97 Å². The standard InChI is InChI=1S/C12H14O2/c1-7(2)9-5-4-8(3)10-6-14-12(13)11(9)10/h4-5,7H,6H2,1-3H3. The van der Waals surface area contributed by atoms with E-state index in [1.165, 1.54) is 0 Å². The molecule has 14 heavy (non-hydrogen) atoms. The van der Waals surface area contributed by atoms with Crippen molar-refractivity contribution in [2.24, 2.45) is 0 Å². The zero-order valence-electron chi connectivity index (χ0n) is 8.76. The minimum Gasteiger partial charge on any atom is -0.457 e. The molecule has 0 atom stereocenters. The van der Waals surface area contributed by atoms with Crippen LogP contribution < -0.4 is 0 Å². The van der Waals surface area contributed by atoms with Crippen LogP contribution in [0, 0.1) is 6.92 Å². The third kappa shape index (κ3) is 1.22. The number of rotatable bonds is 1. The monoisotopic (exact) mass is 190 g/mol. The second kappa shape index (κ2) is 3.12. The average Bonchev–Trinajstić information content (AvgIpc) is 2.50. The van der Waals surface area contributed by atoms with Gasteiger partial charge in [0.1, 0.15) is 6.61 Å². The Morgan fingerprint density at radius 2 is 2.07 bits per heavy atom. The van der Waals surface area contributed by atoms with Gasteiger partial charge >= 0.3 is 5.97 Å². The Hall–Kier alpha value is -1.31. The largest absolute Gasteiger partial charge is 0.457 e. The van der Waals surface area contributed by atoms with Gasteiger partial charge in [-0.2, -0.15) is 0 Å². The van der Waals surface area contributed by atoms with Crippen LogP contribution in [0.15, 0.2) is 12.1 Å². The molecule has 1 aliphatic heterocycles. The fourth-order valence-corrected chi connectivity index (χ4v) is 1.89. The molecule has 1 heterocycles. The lowest BCUT2D eigenvalue weighted by atomic mass is 9.92. The fourth-order valence-electron chi connectivity index (χ4n) is 1.89. The Morgan fingerprint density at radius 3 is 2.71 bits per heavy atom. The Bertz CT molecular complexity index is 392. The highest BCUT2D eigenvalue weighted by Crippen LogP contribution is 2.30. The summed E-state index contributed by atoms with van der Waals surface area (Å²) in [6, 6.07) is 4.10. The number of aryl methyl sites for hydroxylation is 1. The number of cyclic esters (lactones) is 1. The van der Waals surface area contributed by atoms with Crippen LogP contribution in [0.4, 0.5) is 0 Å². The van der Waals surface area contributed by atoms with E-state index in [4.69, 9.17) is 4.74 Å². The molecule has 0 radical (unpaired) electrons. The SMILES string of the molecule is Cc1ccc(C(C)C)c2c1COC2=O. The van der Waals surface area contributed by atoms with Crippen LogP contribution in [0.25, 0.3) is 0 Å². The van der Waals surface area contributed by atoms with Crippen molar-refractivity contribution in [2.75, 3.05) is 0 Å². The summed E-state index contributed by atoms with van der Waals surface area (Å²) >= 11 is 0. The van der Waals surface area contributed by atoms with Crippen LogP contribution >= 0.6 is 0 Å². The molecular weight excluding hydrogens is 176 g/mol. The normalized spacial score (nSPS) is 14.4. The summed E-state index contributed by atoms with van der Waals surface area (Å²) in [7, 11) is 0. The van der Waals surface area contributed by atoms with E-state index < -0.39 is 0 Å². The Morgan fingerprint density at radius 1 is 1.36 bits per heavy atom. The van der Waals surface area contributed by atoms with Crippen LogP contribution in [0.2, 0.25) is 0 Å². The maximum atomic E-state index is 11.5. The van der Waals surface area contributed by atoms with Gasteiger partial charge in [0.25, 0.3) is 0 Å². The van der Waals surface area contributed by atoms with Crippen molar-refractivity contribution in [3.63, 3.8) is 0 Å². The quantitative estimate of drug-likeness (QED) is 0.636. The lowest BCUT2D eigenvalue weighted by Crippen LogP contribution is -2.02. The van der Waals surface area contributed by atoms with E-state index in [1.54, 1.807) is 0 Å². The van der Waals surface area contributed by atoms with Gasteiger partial charge in [-0.05, 0) is 24.0 Å². The summed E-state index contributed by atoms with van der Waals surface area (Å²) in [6.07, 6.45) is 0. The van der Waals surface area contributed by atoms with Gasteiger partial charge in [0, 0.05) is 5.56 Å². The van der Waals surface area contributed by atoms with Crippen molar-refractivity contribution in [1.82, 2.24) is 0 Å². The third-order valence-corrected chi connectivity index (χ3v) is 2.75. The van der Waals surface area contributed by atoms with E-state index in [0.29, 0.717) is 12.5 Å². The summed E-state index contributed by atoms with van der Waals surface area (Å²) in [4.78, 5) is 11.5. The van der Waals surface area contributed by atoms with Crippen LogP contribution in [-0.2, 0) is 11.3 Å². The molecule has 0 fully saturated rings. The third-order valence-electron chi connectivity index (χ3n) is 2.75. The zero-order valence-corrected chi connectivity index (χ0v) is 8.76. The maximum Gasteiger partial charge on any atom is 0.339 e. The Labute approximate surface area is 83.9 Å². The molecule has 0 N–H and O–H groups in total. The topological polar surface area (TPSA) is 26.3 Å². The highest BCUT2D eigenvalue weighted by molar-refractivity contribution is 5.95.